The quantitative estimate of drug-likeness (QED) is 0.792. The Morgan fingerprint density at radius 3 is 3.00 bits per heavy atom. The highest BCUT2D eigenvalue weighted by Gasteiger charge is 2.22. The van der Waals surface area contributed by atoms with Crippen LogP contribution in [0.15, 0.2) is 24.3 Å². The first kappa shape index (κ1) is 19.8. The first-order valence-corrected chi connectivity index (χ1v) is 8.42. The summed E-state index contributed by atoms with van der Waals surface area (Å²) in [7, 11) is 0. The molecule has 1 aliphatic rings. The minimum atomic E-state index is 0. The fourth-order valence-corrected chi connectivity index (χ4v) is 2.92. The van der Waals surface area contributed by atoms with Gasteiger partial charge < -0.3 is 15.4 Å². The third-order valence-electron chi connectivity index (χ3n) is 4.24. The second-order valence-corrected chi connectivity index (χ2v) is 6.21. The highest BCUT2D eigenvalue weighted by molar-refractivity contribution is 5.91. The van der Waals surface area contributed by atoms with Crippen LogP contribution in [0.4, 0.5) is 5.69 Å². The van der Waals surface area contributed by atoms with Crippen LogP contribution in [0.3, 0.4) is 0 Å². The summed E-state index contributed by atoms with van der Waals surface area (Å²) in [5.41, 5.74) is 0.813. The molecule has 2 atom stereocenters. The maximum Gasteiger partial charge on any atom is 0.224 e. The molecule has 23 heavy (non-hydrogen) atoms. The fourth-order valence-electron chi connectivity index (χ4n) is 2.92. The van der Waals surface area contributed by atoms with Gasteiger partial charge in [0.1, 0.15) is 5.75 Å². The Kier molecular flexibility index (Phi) is 9.03. The standard InChI is InChI=1S/C18H28N2O2.ClH/c1-3-10-22-17-8-4-7-16(12-17)20-18(21)11-14(2)15-6-5-9-19-13-15;/h4,7-8,12,14-15,19H,3,5-6,9-11,13H2,1-2H3,(H,20,21);1H. The number of piperidine rings is 1. The van der Waals surface area contributed by atoms with Gasteiger partial charge in [-0.25, -0.2) is 0 Å². The molecule has 0 bridgehead atoms. The summed E-state index contributed by atoms with van der Waals surface area (Å²) >= 11 is 0. The monoisotopic (exact) mass is 340 g/mol. The van der Waals surface area contributed by atoms with Gasteiger partial charge in [0.05, 0.1) is 6.61 Å². The van der Waals surface area contributed by atoms with E-state index in [4.69, 9.17) is 4.74 Å². The second-order valence-electron chi connectivity index (χ2n) is 6.21. The lowest BCUT2D eigenvalue weighted by molar-refractivity contribution is -0.117. The molecule has 1 heterocycles. The Morgan fingerprint density at radius 2 is 2.30 bits per heavy atom. The van der Waals surface area contributed by atoms with Crippen LogP contribution in [0.5, 0.6) is 5.75 Å². The van der Waals surface area contributed by atoms with Crippen molar-refractivity contribution in [2.45, 2.75) is 39.5 Å². The van der Waals surface area contributed by atoms with Gasteiger partial charge >= 0.3 is 0 Å². The molecule has 2 N–H and O–H groups in total. The van der Waals surface area contributed by atoms with E-state index in [2.05, 4.69) is 24.5 Å². The van der Waals surface area contributed by atoms with Crippen molar-refractivity contribution in [3.8, 4) is 5.75 Å². The molecule has 1 amide bonds. The predicted molar refractivity (Wildman–Crippen MR) is 97.5 cm³/mol. The summed E-state index contributed by atoms with van der Waals surface area (Å²) in [4.78, 5) is 12.2. The van der Waals surface area contributed by atoms with Gasteiger partial charge in [-0.05, 0) is 56.3 Å². The Balaban J connectivity index is 0.00000264. The van der Waals surface area contributed by atoms with E-state index in [1.54, 1.807) is 0 Å². The lowest BCUT2D eigenvalue weighted by Gasteiger charge is -2.28. The molecule has 1 aliphatic heterocycles. The summed E-state index contributed by atoms with van der Waals surface area (Å²) in [6.45, 7) is 7.10. The number of rotatable bonds is 7. The molecule has 2 unspecified atom stereocenters. The van der Waals surface area contributed by atoms with E-state index in [1.807, 2.05) is 24.3 Å². The van der Waals surface area contributed by atoms with E-state index < -0.39 is 0 Å². The lowest BCUT2D eigenvalue weighted by Crippen LogP contribution is -2.34. The Labute approximate surface area is 145 Å². The van der Waals surface area contributed by atoms with E-state index in [9.17, 15) is 4.79 Å². The van der Waals surface area contributed by atoms with Crippen molar-refractivity contribution in [1.82, 2.24) is 5.32 Å². The maximum atomic E-state index is 12.2. The number of hydrogen-bond donors (Lipinski definition) is 2. The van der Waals surface area contributed by atoms with Crippen molar-refractivity contribution < 1.29 is 9.53 Å². The van der Waals surface area contributed by atoms with Gasteiger partial charge in [-0.1, -0.05) is 19.9 Å². The van der Waals surface area contributed by atoms with Crippen LogP contribution in [-0.4, -0.2) is 25.6 Å². The second kappa shape index (κ2) is 10.5. The average molecular weight is 341 g/mol. The van der Waals surface area contributed by atoms with Gasteiger partial charge in [-0.3, -0.25) is 4.79 Å². The molecule has 2 rings (SSSR count). The highest BCUT2D eigenvalue weighted by atomic mass is 35.5. The third-order valence-corrected chi connectivity index (χ3v) is 4.24. The van der Waals surface area contributed by atoms with Crippen LogP contribution < -0.4 is 15.4 Å². The van der Waals surface area contributed by atoms with Crippen LogP contribution in [0.1, 0.15) is 39.5 Å². The first-order chi connectivity index (χ1) is 10.7. The molecule has 0 saturated carbocycles. The molecule has 1 saturated heterocycles. The number of ether oxygens (including phenoxy) is 1. The van der Waals surface area contributed by atoms with Crippen molar-refractivity contribution in [1.29, 1.82) is 0 Å². The predicted octanol–water partition coefficient (Wildman–Crippen LogP) is 3.86. The van der Waals surface area contributed by atoms with Crippen molar-refractivity contribution >= 4 is 24.0 Å². The first-order valence-electron chi connectivity index (χ1n) is 8.42. The molecule has 130 valence electrons. The molecule has 0 radical (unpaired) electrons. The molecule has 4 nitrogen and oxygen atoms in total. The van der Waals surface area contributed by atoms with E-state index in [0.717, 1.165) is 30.9 Å². The Morgan fingerprint density at radius 1 is 1.48 bits per heavy atom. The van der Waals surface area contributed by atoms with E-state index in [0.29, 0.717) is 24.9 Å². The SMILES string of the molecule is CCCOc1cccc(NC(=O)CC(C)C2CCCNC2)c1.Cl. The van der Waals surface area contributed by atoms with Crippen molar-refractivity contribution in [2.75, 3.05) is 25.0 Å². The molecular formula is C18H29ClN2O2. The molecular weight excluding hydrogens is 312 g/mol. The minimum absolute atomic E-state index is 0. The minimum Gasteiger partial charge on any atom is -0.494 e. The van der Waals surface area contributed by atoms with Gasteiger partial charge in [0, 0.05) is 18.2 Å². The molecule has 0 aromatic heterocycles. The number of amides is 1. The average Bonchev–Trinajstić information content (AvgIpc) is 2.54. The van der Waals surface area contributed by atoms with Crippen LogP contribution in [0.2, 0.25) is 0 Å². The molecule has 1 fully saturated rings. The Bertz CT molecular complexity index is 476. The van der Waals surface area contributed by atoms with Crippen LogP contribution >= 0.6 is 12.4 Å². The van der Waals surface area contributed by atoms with Gasteiger partial charge in [0.2, 0.25) is 5.91 Å². The van der Waals surface area contributed by atoms with Crippen LogP contribution in [0.25, 0.3) is 0 Å². The number of halogens is 1. The molecule has 0 spiro atoms. The van der Waals surface area contributed by atoms with E-state index >= 15 is 0 Å². The van der Waals surface area contributed by atoms with Crippen molar-refractivity contribution in [2.24, 2.45) is 11.8 Å². The molecule has 5 heteroatoms. The largest absolute Gasteiger partial charge is 0.494 e. The molecule has 0 aliphatic carbocycles. The highest BCUT2D eigenvalue weighted by Crippen LogP contribution is 2.23. The third kappa shape index (κ3) is 6.80. The number of carbonyl (C=O) groups is 1. The smallest absolute Gasteiger partial charge is 0.224 e. The Hall–Kier alpha value is -1.26. The molecule has 1 aromatic carbocycles. The van der Waals surface area contributed by atoms with Crippen LogP contribution in [-0.2, 0) is 4.79 Å². The maximum absolute atomic E-state index is 12.2. The topological polar surface area (TPSA) is 50.4 Å². The van der Waals surface area contributed by atoms with Gasteiger partial charge in [-0.2, -0.15) is 0 Å². The number of carbonyl (C=O) groups excluding carboxylic acids is 1. The van der Waals surface area contributed by atoms with Gasteiger partial charge in [-0.15, -0.1) is 12.4 Å². The molecule has 1 aromatic rings. The summed E-state index contributed by atoms with van der Waals surface area (Å²) in [6, 6.07) is 7.63. The van der Waals surface area contributed by atoms with Gasteiger partial charge in [0.25, 0.3) is 0 Å². The van der Waals surface area contributed by atoms with Crippen LogP contribution in [0, 0.1) is 11.8 Å². The summed E-state index contributed by atoms with van der Waals surface area (Å²) in [6.07, 6.45) is 3.99. The van der Waals surface area contributed by atoms with E-state index in [-0.39, 0.29) is 18.3 Å². The van der Waals surface area contributed by atoms with Gasteiger partial charge in [0.15, 0.2) is 0 Å². The fraction of sp³-hybridized carbons (Fsp3) is 0.611. The summed E-state index contributed by atoms with van der Waals surface area (Å²) in [5, 5.41) is 6.41. The summed E-state index contributed by atoms with van der Waals surface area (Å²) in [5.74, 6) is 1.92. The van der Waals surface area contributed by atoms with Crippen molar-refractivity contribution in [3.63, 3.8) is 0 Å². The normalized spacial score (nSPS) is 18.6. The number of hydrogen-bond acceptors (Lipinski definition) is 3. The zero-order valence-electron chi connectivity index (χ0n) is 14.1. The zero-order chi connectivity index (χ0) is 15.8. The number of benzene rings is 1. The summed E-state index contributed by atoms with van der Waals surface area (Å²) < 4.78 is 5.59. The number of nitrogens with one attached hydrogen (secondary N) is 2. The number of anilines is 1. The zero-order valence-corrected chi connectivity index (χ0v) is 15.0. The van der Waals surface area contributed by atoms with Crippen molar-refractivity contribution in [3.05, 3.63) is 24.3 Å². The van der Waals surface area contributed by atoms with E-state index in [1.165, 1.54) is 12.8 Å². The lowest BCUT2D eigenvalue weighted by atomic mass is 9.85.